The molecule has 1 fully saturated rings. The number of morpholine rings is 1. The minimum absolute atomic E-state index is 0.0970. The number of hydrogen-bond donors (Lipinski definition) is 0. The number of ether oxygens (including phenoxy) is 2. The fourth-order valence-corrected chi connectivity index (χ4v) is 4.58. The molecule has 0 spiro atoms. The molecular weight excluding hydrogens is 326 g/mol. The van der Waals surface area contributed by atoms with Crippen LogP contribution in [0.15, 0.2) is 23.1 Å². The van der Waals surface area contributed by atoms with Gasteiger partial charge >= 0.3 is 0 Å². The summed E-state index contributed by atoms with van der Waals surface area (Å²) in [6.45, 7) is 11.3. The standard InChI is InChI=1S/C18H29NO4S/c1-6-9-22-18-8-7-16(10-17(18)13(2)3)24(20,21)19-11-14(4)23-15(5)12-19/h7-8,10,13-15H,6,9,11-12H2,1-5H3/t14-,15-/m1/s1. The first-order valence-corrected chi connectivity index (χ1v) is 10.1. The maximum Gasteiger partial charge on any atom is 0.243 e. The number of benzene rings is 1. The molecule has 1 heterocycles. The summed E-state index contributed by atoms with van der Waals surface area (Å²) < 4.78 is 39.0. The molecule has 2 atom stereocenters. The smallest absolute Gasteiger partial charge is 0.243 e. The predicted octanol–water partition coefficient (Wildman–Crippen LogP) is 3.40. The molecule has 0 aliphatic carbocycles. The molecule has 1 aliphatic heterocycles. The minimum Gasteiger partial charge on any atom is -0.493 e. The van der Waals surface area contributed by atoms with E-state index in [0.29, 0.717) is 24.6 Å². The van der Waals surface area contributed by atoms with Crippen molar-refractivity contribution in [3.8, 4) is 5.75 Å². The first kappa shape index (κ1) is 19.2. The molecule has 0 amide bonds. The zero-order valence-corrected chi connectivity index (χ0v) is 16.1. The molecule has 0 bridgehead atoms. The molecule has 24 heavy (non-hydrogen) atoms. The van der Waals surface area contributed by atoms with Gasteiger partial charge in [-0.05, 0) is 49.9 Å². The summed E-state index contributed by atoms with van der Waals surface area (Å²) in [4.78, 5) is 0.330. The van der Waals surface area contributed by atoms with Crippen molar-refractivity contribution >= 4 is 10.0 Å². The molecule has 1 aliphatic rings. The number of nitrogens with zero attached hydrogens (tertiary/aromatic N) is 1. The summed E-state index contributed by atoms with van der Waals surface area (Å²) in [6.07, 6.45) is 0.724. The van der Waals surface area contributed by atoms with Crippen LogP contribution >= 0.6 is 0 Å². The van der Waals surface area contributed by atoms with Gasteiger partial charge in [0.25, 0.3) is 0 Å². The molecule has 0 saturated carbocycles. The van der Waals surface area contributed by atoms with Crippen LogP contribution < -0.4 is 4.74 Å². The van der Waals surface area contributed by atoms with Crippen molar-refractivity contribution in [2.45, 2.75) is 64.1 Å². The molecule has 1 aromatic carbocycles. The molecule has 0 radical (unpaired) electrons. The third kappa shape index (κ3) is 4.29. The van der Waals surface area contributed by atoms with Crippen LogP contribution in [0, 0.1) is 0 Å². The van der Waals surface area contributed by atoms with Gasteiger partial charge in [0.2, 0.25) is 10.0 Å². The van der Waals surface area contributed by atoms with E-state index in [-0.39, 0.29) is 18.1 Å². The molecule has 136 valence electrons. The topological polar surface area (TPSA) is 55.8 Å². The first-order valence-electron chi connectivity index (χ1n) is 8.68. The molecule has 6 heteroatoms. The van der Waals surface area contributed by atoms with Crippen LogP contribution in [0.25, 0.3) is 0 Å². The highest BCUT2D eigenvalue weighted by Crippen LogP contribution is 2.31. The highest BCUT2D eigenvalue weighted by molar-refractivity contribution is 7.89. The van der Waals surface area contributed by atoms with Gasteiger partial charge < -0.3 is 9.47 Å². The van der Waals surface area contributed by atoms with E-state index >= 15 is 0 Å². The lowest BCUT2D eigenvalue weighted by molar-refractivity contribution is -0.0440. The van der Waals surface area contributed by atoms with Gasteiger partial charge in [0, 0.05) is 13.1 Å². The average molecular weight is 356 g/mol. The van der Waals surface area contributed by atoms with Crippen molar-refractivity contribution in [2.75, 3.05) is 19.7 Å². The van der Waals surface area contributed by atoms with Crippen LogP contribution in [0.1, 0.15) is 52.5 Å². The molecule has 5 nitrogen and oxygen atoms in total. The molecule has 1 aromatic rings. The Morgan fingerprint density at radius 2 is 1.88 bits per heavy atom. The van der Waals surface area contributed by atoms with Crippen LogP contribution in [0.5, 0.6) is 5.75 Å². The van der Waals surface area contributed by atoms with Crippen LogP contribution in [-0.2, 0) is 14.8 Å². The molecular formula is C18H29NO4S. The second kappa shape index (κ2) is 7.85. The Balaban J connectivity index is 2.34. The maximum absolute atomic E-state index is 13.0. The van der Waals surface area contributed by atoms with Crippen LogP contribution in [0.4, 0.5) is 0 Å². The average Bonchev–Trinajstić information content (AvgIpc) is 2.51. The number of sulfonamides is 1. The third-order valence-corrected chi connectivity index (χ3v) is 5.92. The third-order valence-electron chi connectivity index (χ3n) is 4.09. The molecule has 1 saturated heterocycles. The minimum atomic E-state index is -3.52. The van der Waals surface area contributed by atoms with Gasteiger partial charge in [-0.15, -0.1) is 0 Å². The van der Waals surface area contributed by atoms with Gasteiger partial charge in [0.1, 0.15) is 5.75 Å². The Morgan fingerprint density at radius 1 is 1.25 bits per heavy atom. The second-order valence-corrected chi connectivity index (χ2v) is 8.72. The Labute approximate surface area is 146 Å². The fourth-order valence-electron chi connectivity index (χ4n) is 2.96. The van der Waals surface area contributed by atoms with Gasteiger partial charge in [-0.3, -0.25) is 0 Å². The summed E-state index contributed by atoms with van der Waals surface area (Å²) in [5.41, 5.74) is 0.930. The Morgan fingerprint density at radius 3 is 2.42 bits per heavy atom. The van der Waals surface area contributed by atoms with E-state index in [0.717, 1.165) is 17.7 Å². The SMILES string of the molecule is CCCOc1ccc(S(=O)(=O)N2C[C@@H](C)O[C@H](C)C2)cc1C(C)C. The van der Waals surface area contributed by atoms with Gasteiger partial charge in [-0.2, -0.15) is 4.31 Å². The Kier molecular flexibility index (Phi) is 6.28. The lowest BCUT2D eigenvalue weighted by atomic mass is 10.0. The van der Waals surface area contributed by atoms with Crippen molar-refractivity contribution in [1.82, 2.24) is 4.31 Å². The fraction of sp³-hybridized carbons (Fsp3) is 0.667. The zero-order chi connectivity index (χ0) is 17.9. The van der Waals surface area contributed by atoms with Crippen molar-refractivity contribution < 1.29 is 17.9 Å². The van der Waals surface area contributed by atoms with Crippen molar-refractivity contribution in [1.29, 1.82) is 0 Å². The van der Waals surface area contributed by atoms with Gasteiger partial charge in [-0.1, -0.05) is 20.8 Å². The first-order chi connectivity index (χ1) is 11.3. The van der Waals surface area contributed by atoms with Crippen LogP contribution in [-0.4, -0.2) is 44.6 Å². The summed E-state index contributed by atoms with van der Waals surface area (Å²) in [7, 11) is -3.52. The summed E-state index contributed by atoms with van der Waals surface area (Å²) >= 11 is 0. The van der Waals surface area contributed by atoms with Crippen molar-refractivity contribution in [2.24, 2.45) is 0 Å². The second-order valence-electron chi connectivity index (χ2n) is 6.78. The van der Waals surface area contributed by atoms with Crippen molar-refractivity contribution in [3.05, 3.63) is 23.8 Å². The van der Waals surface area contributed by atoms with Crippen molar-refractivity contribution in [3.63, 3.8) is 0 Å². The lowest BCUT2D eigenvalue weighted by Gasteiger charge is -2.34. The van der Waals surface area contributed by atoms with E-state index in [9.17, 15) is 8.42 Å². The highest BCUT2D eigenvalue weighted by atomic mass is 32.2. The number of hydrogen-bond acceptors (Lipinski definition) is 4. The summed E-state index contributed by atoms with van der Waals surface area (Å²) in [6, 6.07) is 5.19. The van der Waals surface area contributed by atoms with E-state index in [1.54, 1.807) is 18.2 Å². The highest BCUT2D eigenvalue weighted by Gasteiger charge is 2.32. The summed E-state index contributed by atoms with van der Waals surface area (Å²) in [5.74, 6) is 0.962. The Hall–Kier alpha value is -1.11. The van der Waals surface area contributed by atoms with E-state index < -0.39 is 10.0 Å². The normalized spacial score (nSPS) is 22.8. The molecule has 2 rings (SSSR count). The monoisotopic (exact) mass is 355 g/mol. The van der Waals surface area contributed by atoms with Crippen LogP contribution in [0.3, 0.4) is 0 Å². The maximum atomic E-state index is 13.0. The lowest BCUT2D eigenvalue weighted by Crippen LogP contribution is -2.48. The van der Waals surface area contributed by atoms with E-state index in [1.807, 2.05) is 27.7 Å². The van der Waals surface area contributed by atoms with E-state index in [1.165, 1.54) is 4.31 Å². The van der Waals surface area contributed by atoms with E-state index in [2.05, 4.69) is 6.92 Å². The van der Waals surface area contributed by atoms with Gasteiger partial charge in [-0.25, -0.2) is 8.42 Å². The van der Waals surface area contributed by atoms with E-state index in [4.69, 9.17) is 9.47 Å². The molecule has 0 N–H and O–H groups in total. The Bertz CT molecular complexity index is 647. The molecule has 0 aromatic heterocycles. The quantitative estimate of drug-likeness (QED) is 0.785. The molecule has 0 unspecified atom stereocenters. The largest absolute Gasteiger partial charge is 0.493 e. The van der Waals surface area contributed by atoms with Gasteiger partial charge in [0.05, 0.1) is 23.7 Å². The summed E-state index contributed by atoms with van der Waals surface area (Å²) in [5, 5.41) is 0. The zero-order valence-electron chi connectivity index (χ0n) is 15.3. The predicted molar refractivity (Wildman–Crippen MR) is 95.1 cm³/mol. The number of rotatable bonds is 6. The van der Waals surface area contributed by atoms with Crippen LogP contribution in [0.2, 0.25) is 0 Å². The van der Waals surface area contributed by atoms with Gasteiger partial charge in [0.15, 0.2) is 0 Å².